The van der Waals surface area contributed by atoms with E-state index in [1.54, 1.807) is 24.3 Å². The largest absolute Gasteiger partial charge is 0.454 e. The number of hydrogen-bond acceptors (Lipinski definition) is 4. The second kappa shape index (κ2) is 7.82. The highest BCUT2D eigenvalue weighted by Crippen LogP contribution is 2.18. The first kappa shape index (κ1) is 17.1. The van der Waals surface area contributed by atoms with Gasteiger partial charge < -0.3 is 9.47 Å². The maximum atomic E-state index is 12.1. The second-order valence-electron chi connectivity index (χ2n) is 4.39. The molecule has 0 saturated carbocycles. The molecule has 120 valence electrons. The molecule has 0 radical (unpaired) electrons. The first-order valence-electron chi connectivity index (χ1n) is 6.47. The third-order valence-corrected chi connectivity index (χ3v) is 3.50. The highest BCUT2D eigenvalue weighted by molar-refractivity contribution is 9.10. The fourth-order valence-corrected chi connectivity index (χ4v) is 2.28. The van der Waals surface area contributed by atoms with Gasteiger partial charge in [0, 0.05) is 10.0 Å². The van der Waals surface area contributed by atoms with Crippen molar-refractivity contribution in [3.05, 3.63) is 64.1 Å². The summed E-state index contributed by atoms with van der Waals surface area (Å²) < 4.78 is 34.0. The average molecular weight is 385 g/mol. The predicted molar refractivity (Wildman–Crippen MR) is 81.8 cm³/mol. The molecule has 2 aromatic rings. The molecule has 2 aromatic carbocycles. The summed E-state index contributed by atoms with van der Waals surface area (Å²) in [6, 6.07) is 11.9. The lowest BCUT2D eigenvalue weighted by Crippen LogP contribution is -2.15. The summed E-state index contributed by atoms with van der Waals surface area (Å²) in [4.78, 5) is 23.9. The Kier molecular flexibility index (Phi) is 5.81. The second-order valence-corrected chi connectivity index (χ2v) is 5.24. The van der Waals surface area contributed by atoms with E-state index in [0.29, 0.717) is 10.0 Å². The van der Waals surface area contributed by atoms with Crippen LogP contribution in [0.2, 0.25) is 0 Å². The molecule has 0 N–H and O–H groups in total. The SMILES string of the molecule is O=C(OCC(=O)c1ccccc1Br)c1cccc(OC(F)F)c1. The summed E-state index contributed by atoms with van der Waals surface area (Å²) in [7, 11) is 0. The van der Waals surface area contributed by atoms with Crippen molar-refractivity contribution < 1.29 is 27.8 Å². The van der Waals surface area contributed by atoms with E-state index in [-0.39, 0.29) is 17.1 Å². The van der Waals surface area contributed by atoms with Crippen LogP contribution in [0.3, 0.4) is 0 Å². The third kappa shape index (κ3) is 4.85. The van der Waals surface area contributed by atoms with Crippen molar-refractivity contribution in [3.63, 3.8) is 0 Å². The highest BCUT2D eigenvalue weighted by Gasteiger charge is 2.15. The van der Waals surface area contributed by atoms with Crippen molar-refractivity contribution in [2.45, 2.75) is 6.61 Å². The van der Waals surface area contributed by atoms with Crippen LogP contribution in [0.5, 0.6) is 5.75 Å². The van der Waals surface area contributed by atoms with E-state index in [1.807, 2.05) is 0 Å². The molecule has 7 heteroatoms. The van der Waals surface area contributed by atoms with Gasteiger partial charge >= 0.3 is 12.6 Å². The Morgan fingerprint density at radius 2 is 1.83 bits per heavy atom. The van der Waals surface area contributed by atoms with E-state index in [4.69, 9.17) is 4.74 Å². The van der Waals surface area contributed by atoms with E-state index in [0.717, 1.165) is 6.07 Å². The molecule has 0 saturated heterocycles. The molecule has 4 nitrogen and oxygen atoms in total. The van der Waals surface area contributed by atoms with E-state index < -0.39 is 19.2 Å². The molecule has 0 bridgehead atoms. The van der Waals surface area contributed by atoms with E-state index in [9.17, 15) is 18.4 Å². The number of halogens is 3. The zero-order chi connectivity index (χ0) is 16.8. The Morgan fingerprint density at radius 1 is 1.09 bits per heavy atom. The molecule has 0 unspecified atom stereocenters. The number of ether oxygens (including phenoxy) is 2. The maximum Gasteiger partial charge on any atom is 0.387 e. The minimum atomic E-state index is -2.99. The smallest absolute Gasteiger partial charge is 0.387 e. The zero-order valence-corrected chi connectivity index (χ0v) is 13.3. The van der Waals surface area contributed by atoms with Crippen molar-refractivity contribution >= 4 is 27.7 Å². The lowest BCUT2D eigenvalue weighted by atomic mass is 10.1. The van der Waals surface area contributed by atoms with Crippen molar-refractivity contribution in [1.29, 1.82) is 0 Å². The fourth-order valence-electron chi connectivity index (χ4n) is 1.78. The summed E-state index contributed by atoms with van der Waals surface area (Å²) in [6.07, 6.45) is 0. The number of esters is 1. The molecule has 23 heavy (non-hydrogen) atoms. The minimum Gasteiger partial charge on any atom is -0.454 e. The third-order valence-electron chi connectivity index (χ3n) is 2.80. The molecule has 0 spiro atoms. The Labute approximate surface area is 139 Å². The van der Waals surface area contributed by atoms with Crippen molar-refractivity contribution in [1.82, 2.24) is 0 Å². The molecule has 0 fully saturated rings. The van der Waals surface area contributed by atoms with Crippen LogP contribution in [0, 0.1) is 0 Å². The number of carbonyl (C=O) groups excluding carboxylic acids is 2. The summed E-state index contributed by atoms with van der Waals surface area (Å²) in [6.45, 7) is -3.44. The van der Waals surface area contributed by atoms with Gasteiger partial charge in [-0.1, -0.05) is 40.2 Å². The van der Waals surface area contributed by atoms with Crippen LogP contribution in [-0.2, 0) is 4.74 Å². The maximum absolute atomic E-state index is 12.1. The van der Waals surface area contributed by atoms with E-state index >= 15 is 0 Å². The van der Waals surface area contributed by atoms with Gasteiger partial charge in [-0.3, -0.25) is 4.79 Å². The molecule has 0 amide bonds. The van der Waals surface area contributed by atoms with Gasteiger partial charge in [0.15, 0.2) is 6.61 Å². The molecular weight excluding hydrogens is 374 g/mol. The quantitative estimate of drug-likeness (QED) is 0.555. The Hall–Kier alpha value is -2.28. The van der Waals surface area contributed by atoms with Crippen LogP contribution >= 0.6 is 15.9 Å². The van der Waals surface area contributed by atoms with E-state index in [1.165, 1.54) is 18.2 Å². The molecule has 0 aromatic heterocycles. The first-order chi connectivity index (χ1) is 11.0. The van der Waals surface area contributed by atoms with Crippen molar-refractivity contribution in [2.75, 3.05) is 6.61 Å². The standard InChI is InChI=1S/C16H11BrF2O4/c17-13-7-2-1-6-12(13)14(20)9-22-15(21)10-4-3-5-11(8-10)23-16(18)19/h1-8,16H,9H2. The molecular formula is C16H11BrF2O4. The molecule has 2 rings (SSSR count). The number of benzene rings is 2. The monoisotopic (exact) mass is 384 g/mol. The van der Waals surface area contributed by atoms with Crippen LogP contribution in [0.1, 0.15) is 20.7 Å². The van der Waals surface area contributed by atoms with Gasteiger partial charge in [-0.05, 0) is 24.3 Å². The number of alkyl halides is 2. The van der Waals surface area contributed by atoms with Gasteiger partial charge in [-0.25, -0.2) is 4.79 Å². The van der Waals surface area contributed by atoms with E-state index in [2.05, 4.69) is 20.7 Å². The summed E-state index contributed by atoms with van der Waals surface area (Å²) in [5.74, 6) is -1.34. The lowest BCUT2D eigenvalue weighted by Gasteiger charge is -2.08. The fraction of sp³-hybridized carbons (Fsp3) is 0.125. The number of Topliss-reactive ketones (excluding diaryl/α,β-unsaturated/α-hetero) is 1. The molecule has 0 atom stereocenters. The van der Waals surface area contributed by atoms with Gasteiger partial charge in [0.05, 0.1) is 5.56 Å². The summed E-state index contributed by atoms with van der Waals surface area (Å²) in [5, 5.41) is 0. The van der Waals surface area contributed by atoms with Crippen LogP contribution in [0.4, 0.5) is 8.78 Å². The van der Waals surface area contributed by atoms with Gasteiger partial charge in [-0.2, -0.15) is 8.78 Å². The van der Waals surface area contributed by atoms with Gasteiger partial charge in [-0.15, -0.1) is 0 Å². The number of carbonyl (C=O) groups is 2. The number of hydrogen-bond donors (Lipinski definition) is 0. The predicted octanol–water partition coefficient (Wildman–Crippen LogP) is 4.09. The highest BCUT2D eigenvalue weighted by atomic mass is 79.9. The molecule has 0 aliphatic carbocycles. The zero-order valence-electron chi connectivity index (χ0n) is 11.7. The molecule has 0 aliphatic heterocycles. The summed E-state index contributed by atoms with van der Waals surface area (Å²) >= 11 is 3.23. The van der Waals surface area contributed by atoms with Crippen molar-refractivity contribution in [2.24, 2.45) is 0 Å². The molecule has 0 heterocycles. The van der Waals surface area contributed by atoms with Crippen LogP contribution in [0.25, 0.3) is 0 Å². The normalized spacial score (nSPS) is 10.4. The van der Waals surface area contributed by atoms with Crippen LogP contribution in [-0.4, -0.2) is 25.0 Å². The Balaban J connectivity index is 2.00. The van der Waals surface area contributed by atoms with Crippen LogP contribution < -0.4 is 4.74 Å². The number of ketones is 1. The molecule has 0 aliphatic rings. The average Bonchev–Trinajstić information content (AvgIpc) is 2.52. The topological polar surface area (TPSA) is 52.6 Å². The number of rotatable bonds is 6. The van der Waals surface area contributed by atoms with Crippen molar-refractivity contribution in [3.8, 4) is 5.75 Å². The minimum absolute atomic E-state index is 0.0167. The van der Waals surface area contributed by atoms with Gasteiger partial charge in [0.25, 0.3) is 0 Å². The Bertz CT molecular complexity index is 719. The first-order valence-corrected chi connectivity index (χ1v) is 7.26. The Morgan fingerprint density at radius 3 is 2.52 bits per heavy atom. The van der Waals surface area contributed by atoms with Gasteiger partial charge in [0.2, 0.25) is 5.78 Å². The summed E-state index contributed by atoms with van der Waals surface area (Å²) in [5.41, 5.74) is 0.401. The van der Waals surface area contributed by atoms with Gasteiger partial charge in [0.1, 0.15) is 5.75 Å². The lowest BCUT2D eigenvalue weighted by molar-refractivity contribution is -0.0499. The van der Waals surface area contributed by atoms with Crippen LogP contribution in [0.15, 0.2) is 53.0 Å².